The fraction of sp³-hybridized carbons (Fsp3) is 0.600. The maximum absolute atomic E-state index is 5.45. The highest BCUT2D eigenvalue weighted by Gasteiger charge is 2.15. The summed E-state index contributed by atoms with van der Waals surface area (Å²) in [4.78, 5) is 0. The first kappa shape index (κ1) is 15.0. The van der Waals surface area contributed by atoms with Gasteiger partial charge in [0.15, 0.2) is 0 Å². The van der Waals surface area contributed by atoms with E-state index in [0.29, 0.717) is 6.04 Å². The normalized spacial score (nSPS) is 14.3. The molecule has 3 heteroatoms. The van der Waals surface area contributed by atoms with E-state index >= 15 is 0 Å². The first-order valence-corrected chi connectivity index (χ1v) is 6.47. The quantitative estimate of drug-likeness (QED) is 0.808. The predicted octanol–water partition coefficient (Wildman–Crippen LogP) is 3.08. The molecule has 2 unspecified atom stereocenters. The van der Waals surface area contributed by atoms with Gasteiger partial charge in [-0.15, -0.1) is 0 Å². The molecule has 3 nitrogen and oxygen atoms in total. The van der Waals surface area contributed by atoms with Crippen LogP contribution in [0, 0.1) is 6.92 Å². The summed E-state index contributed by atoms with van der Waals surface area (Å²) in [6, 6.07) is 6.61. The Morgan fingerprint density at radius 1 is 1.22 bits per heavy atom. The van der Waals surface area contributed by atoms with Crippen LogP contribution in [0.4, 0.5) is 0 Å². The molecular formula is C15H25NO2. The number of benzene rings is 1. The number of hydrogen-bond donors (Lipinski definition) is 1. The van der Waals surface area contributed by atoms with Gasteiger partial charge in [0, 0.05) is 18.7 Å². The Kier molecular flexibility index (Phi) is 6.16. The molecule has 2 atom stereocenters. The van der Waals surface area contributed by atoms with Gasteiger partial charge in [0.25, 0.3) is 0 Å². The third-order valence-corrected chi connectivity index (χ3v) is 3.37. The lowest BCUT2D eigenvalue weighted by Crippen LogP contribution is -2.19. The van der Waals surface area contributed by atoms with Gasteiger partial charge in [-0.2, -0.15) is 0 Å². The van der Waals surface area contributed by atoms with Crippen molar-refractivity contribution in [2.45, 2.75) is 38.8 Å². The number of aryl methyl sites for hydroxylation is 1. The molecular weight excluding hydrogens is 226 g/mol. The number of nitrogens with one attached hydrogen (secondary N) is 1. The van der Waals surface area contributed by atoms with Gasteiger partial charge >= 0.3 is 0 Å². The highest BCUT2D eigenvalue weighted by atomic mass is 16.5. The third-order valence-electron chi connectivity index (χ3n) is 3.37. The van der Waals surface area contributed by atoms with Gasteiger partial charge in [0.05, 0.1) is 13.2 Å². The molecule has 0 heterocycles. The molecule has 0 aliphatic heterocycles. The summed E-state index contributed by atoms with van der Waals surface area (Å²) >= 11 is 0. The number of ether oxygens (including phenoxy) is 2. The first-order chi connectivity index (χ1) is 8.62. The Morgan fingerprint density at radius 2 is 1.94 bits per heavy atom. The number of rotatable bonds is 7. The minimum Gasteiger partial charge on any atom is -0.496 e. The molecule has 0 saturated carbocycles. The van der Waals surface area contributed by atoms with E-state index in [1.165, 1.54) is 11.1 Å². The van der Waals surface area contributed by atoms with E-state index in [9.17, 15) is 0 Å². The van der Waals surface area contributed by atoms with Gasteiger partial charge in [0.2, 0.25) is 0 Å². The summed E-state index contributed by atoms with van der Waals surface area (Å²) in [7, 11) is 5.47. The van der Waals surface area contributed by atoms with E-state index in [4.69, 9.17) is 9.47 Å². The van der Waals surface area contributed by atoms with E-state index in [0.717, 1.165) is 18.6 Å². The van der Waals surface area contributed by atoms with Crippen LogP contribution in [-0.4, -0.2) is 27.4 Å². The standard InChI is InChI=1S/C15H25NO2/c1-11-6-9-15(18-5)13(10-11)14(16-3)8-7-12(2)17-4/h6,9-10,12,14,16H,7-8H2,1-5H3. The largest absolute Gasteiger partial charge is 0.496 e. The fourth-order valence-corrected chi connectivity index (χ4v) is 2.10. The topological polar surface area (TPSA) is 30.5 Å². The van der Waals surface area contributed by atoms with Crippen molar-refractivity contribution in [3.05, 3.63) is 29.3 Å². The third kappa shape index (κ3) is 4.00. The lowest BCUT2D eigenvalue weighted by Gasteiger charge is -2.21. The Labute approximate surface area is 110 Å². The molecule has 18 heavy (non-hydrogen) atoms. The van der Waals surface area contributed by atoms with Gasteiger partial charge in [-0.3, -0.25) is 0 Å². The van der Waals surface area contributed by atoms with Crippen molar-refractivity contribution in [2.24, 2.45) is 0 Å². The van der Waals surface area contributed by atoms with E-state index in [-0.39, 0.29) is 6.10 Å². The minimum atomic E-state index is 0.289. The molecule has 102 valence electrons. The SMILES string of the molecule is CNC(CCC(C)OC)c1cc(C)ccc1OC. The van der Waals surface area contributed by atoms with Crippen LogP contribution in [0.15, 0.2) is 18.2 Å². The van der Waals surface area contributed by atoms with Crippen LogP contribution in [0.1, 0.15) is 36.9 Å². The fourth-order valence-electron chi connectivity index (χ4n) is 2.10. The Bertz CT molecular complexity index is 366. The second kappa shape index (κ2) is 7.39. The van der Waals surface area contributed by atoms with Crippen molar-refractivity contribution >= 4 is 0 Å². The Morgan fingerprint density at radius 3 is 2.50 bits per heavy atom. The summed E-state index contributed by atoms with van der Waals surface area (Å²) in [5, 5.41) is 3.36. The maximum atomic E-state index is 5.45. The summed E-state index contributed by atoms with van der Waals surface area (Å²) < 4.78 is 10.7. The van der Waals surface area contributed by atoms with Gasteiger partial charge in [-0.05, 0) is 39.8 Å². The molecule has 1 aromatic rings. The molecule has 0 saturated heterocycles. The second-order valence-electron chi connectivity index (χ2n) is 4.71. The monoisotopic (exact) mass is 251 g/mol. The molecule has 1 N–H and O–H groups in total. The average Bonchev–Trinajstić information content (AvgIpc) is 2.39. The molecule has 0 radical (unpaired) electrons. The molecule has 1 rings (SSSR count). The minimum absolute atomic E-state index is 0.289. The highest BCUT2D eigenvalue weighted by Crippen LogP contribution is 2.29. The zero-order valence-electron chi connectivity index (χ0n) is 12.1. The molecule has 0 bridgehead atoms. The molecule has 0 fully saturated rings. The molecule has 0 aliphatic carbocycles. The zero-order chi connectivity index (χ0) is 13.5. The van der Waals surface area contributed by atoms with Crippen molar-refractivity contribution in [1.82, 2.24) is 5.32 Å². The van der Waals surface area contributed by atoms with Crippen LogP contribution in [0.2, 0.25) is 0 Å². The van der Waals surface area contributed by atoms with Crippen molar-refractivity contribution < 1.29 is 9.47 Å². The summed E-state index contributed by atoms with van der Waals surface area (Å²) in [6.45, 7) is 4.20. The van der Waals surface area contributed by atoms with Crippen LogP contribution in [0.25, 0.3) is 0 Å². The molecule has 0 aromatic heterocycles. The molecule has 0 amide bonds. The predicted molar refractivity (Wildman–Crippen MR) is 75.2 cm³/mol. The molecule has 0 aliphatic rings. The number of methoxy groups -OCH3 is 2. The highest BCUT2D eigenvalue weighted by molar-refractivity contribution is 5.39. The Balaban J connectivity index is 2.83. The summed E-state index contributed by atoms with van der Waals surface area (Å²) in [5.41, 5.74) is 2.48. The zero-order valence-corrected chi connectivity index (χ0v) is 12.1. The van der Waals surface area contributed by atoms with Crippen LogP contribution < -0.4 is 10.1 Å². The average molecular weight is 251 g/mol. The molecule has 0 spiro atoms. The van der Waals surface area contributed by atoms with Crippen molar-refractivity contribution in [3.63, 3.8) is 0 Å². The van der Waals surface area contributed by atoms with Gasteiger partial charge in [-0.1, -0.05) is 17.7 Å². The lowest BCUT2D eigenvalue weighted by atomic mass is 9.98. The summed E-state index contributed by atoms with van der Waals surface area (Å²) in [5.74, 6) is 0.949. The van der Waals surface area contributed by atoms with Crippen molar-refractivity contribution in [2.75, 3.05) is 21.3 Å². The maximum Gasteiger partial charge on any atom is 0.123 e. The van der Waals surface area contributed by atoms with E-state index < -0.39 is 0 Å². The van der Waals surface area contributed by atoms with E-state index in [1.54, 1.807) is 14.2 Å². The van der Waals surface area contributed by atoms with Crippen LogP contribution in [-0.2, 0) is 4.74 Å². The van der Waals surface area contributed by atoms with Crippen LogP contribution >= 0.6 is 0 Å². The van der Waals surface area contributed by atoms with E-state index in [1.807, 2.05) is 13.1 Å². The Hall–Kier alpha value is -1.06. The van der Waals surface area contributed by atoms with E-state index in [2.05, 4.69) is 31.3 Å². The second-order valence-corrected chi connectivity index (χ2v) is 4.71. The summed E-state index contributed by atoms with van der Waals surface area (Å²) in [6.07, 6.45) is 2.35. The van der Waals surface area contributed by atoms with Crippen molar-refractivity contribution in [3.8, 4) is 5.75 Å². The number of hydrogen-bond acceptors (Lipinski definition) is 3. The van der Waals surface area contributed by atoms with Crippen LogP contribution in [0.5, 0.6) is 5.75 Å². The van der Waals surface area contributed by atoms with Gasteiger partial charge in [-0.25, -0.2) is 0 Å². The van der Waals surface area contributed by atoms with Crippen LogP contribution in [0.3, 0.4) is 0 Å². The van der Waals surface area contributed by atoms with Crippen molar-refractivity contribution in [1.29, 1.82) is 0 Å². The molecule has 1 aromatic carbocycles. The van der Waals surface area contributed by atoms with Gasteiger partial charge in [0.1, 0.15) is 5.75 Å². The first-order valence-electron chi connectivity index (χ1n) is 6.47. The lowest BCUT2D eigenvalue weighted by molar-refractivity contribution is 0.106. The van der Waals surface area contributed by atoms with Gasteiger partial charge < -0.3 is 14.8 Å². The smallest absolute Gasteiger partial charge is 0.123 e.